The molecule has 96 valence electrons. The van der Waals surface area contributed by atoms with Crippen LogP contribution >= 0.6 is 0 Å². The summed E-state index contributed by atoms with van der Waals surface area (Å²) >= 11 is 0. The third-order valence-corrected chi connectivity index (χ3v) is 2.45. The van der Waals surface area contributed by atoms with Gasteiger partial charge in [-0.05, 0) is 25.8 Å². The van der Waals surface area contributed by atoms with E-state index in [0.717, 1.165) is 0 Å². The fraction of sp³-hybridized carbons (Fsp3) is 0.900. The zero-order chi connectivity index (χ0) is 12.6. The van der Waals surface area contributed by atoms with Crippen LogP contribution in [0.25, 0.3) is 0 Å². The summed E-state index contributed by atoms with van der Waals surface area (Å²) in [6, 6.07) is -0.944. The molecule has 16 heavy (non-hydrogen) atoms. The summed E-state index contributed by atoms with van der Waals surface area (Å²) in [7, 11) is 0. The second-order valence-electron chi connectivity index (χ2n) is 3.93. The van der Waals surface area contributed by atoms with E-state index in [1.165, 1.54) is 0 Å². The first-order valence-corrected chi connectivity index (χ1v) is 5.61. The molecule has 0 amide bonds. The van der Waals surface area contributed by atoms with Crippen molar-refractivity contribution in [2.24, 2.45) is 11.5 Å². The van der Waals surface area contributed by atoms with Gasteiger partial charge in [-0.15, -0.1) is 0 Å². The van der Waals surface area contributed by atoms with Gasteiger partial charge in [-0.2, -0.15) is 0 Å². The van der Waals surface area contributed by atoms with Gasteiger partial charge in [0.25, 0.3) is 0 Å². The third-order valence-electron chi connectivity index (χ3n) is 2.45. The molecule has 0 saturated heterocycles. The molecule has 7 N–H and O–H groups in total. The van der Waals surface area contributed by atoms with Crippen molar-refractivity contribution < 1.29 is 15.0 Å². The highest BCUT2D eigenvalue weighted by molar-refractivity contribution is 5.73. The summed E-state index contributed by atoms with van der Waals surface area (Å²) in [6.45, 7) is 2.55. The van der Waals surface area contributed by atoms with Crippen LogP contribution in [0.2, 0.25) is 0 Å². The Kier molecular flexibility index (Phi) is 8.10. The van der Waals surface area contributed by atoms with Crippen LogP contribution in [0, 0.1) is 0 Å². The summed E-state index contributed by atoms with van der Waals surface area (Å²) in [5, 5.41) is 21.1. The molecule has 6 nitrogen and oxygen atoms in total. The minimum absolute atomic E-state index is 0.225. The van der Waals surface area contributed by atoms with Gasteiger partial charge in [0, 0.05) is 12.6 Å². The van der Waals surface area contributed by atoms with Crippen LogP contribution in [0.4, 0.5) is 0 Å². The maximum Gasteiger partial charge on any atom is 0.320 e. The van der Waals surface area contributed by atoms with E-state index in [4.69, 9.17) is 16.6 Å². The van der Waals surface area contributed by atoms with Crippen molar-refractivity contribution in [1.29, 1.82) is 0 Å². The molecule has 0 radical (unpaired) electrons. The van der Waals surface area contributed by atoms with Gasteiger partial charge in [0.1, 0.15) is 6.04 Å². The van der Waals surface area contributed by atoms with E-state index in [-0.39, 0.29) is 12.6 Å². The highest BCUT2D eigenvalue weighted by Gasteiger charge is 2.20. The van der Waals surface area contributed by atoms with E-state index in [1.807, 2.05) is 6.92 Å². The van der Waals surface area contributed by atoms with Crippen molar-refractivity contribution >= 4 is 5.97 Å². The first-order chi connectivity index (χ1) is 7.51. The van der Waals surface area contributed by atoms with Crippen molar-refractivity contribution in [2.75, 3.05) is 13.1 Å². The van der Waals surface area contributed by atoms with Crippen molar-refractivity contribution in [3.8, 4) is 0 Å². The lowest BCUT2D eigenvalue weighted by Crippen LogP contribution is -2.44. The fourth-order valence-corrected chi connectivity index (χ4v) is 1.33. The molecule has 6 heteroatoms. The number of hydrogen-bond acceptors (Lipinski definition) is 5. The van der Waals surface area contributed by atoms with Crippen molar-refractivity contribution in [2.45, 2.75) is 44.4 Å². The zero-order valence-electron chi connectivity index (χ0n) is 9.72. The van der Waals surface area contributed by atoms with Crippen LogP contribution in [0.1, 0.15) is 26.2 Å². The molecule has 0 aliphatic carbocycles. The zero-order valence-corrected chi connectivity index (χ0v) is 9.72. The predicted octanol–water partition coefficient (Wildman–Crippen LogP) is -1.13. The molecule has 0 bridgehead atoms. The SMILES string of the molecule is CCC(O)CN[C@H](CC(N)CCN)C(=O)O. The number of hydrogen-bond donors (Lipinski definition) is 5. The minimum atomic E-state index is -0.948. The molecule has 0 aromatic carbocycles. The summed E-state index contributed by atoms with van der Waals surface area (Å²) < 4.78 is 0. The lowest BCUT2D eigenvalue weighted by Gasteiger charge is -2.19. The molecule has 0 saturated carbocycles. The maximum atomic E-state index is 10.9. The highest BCUT2D eigenvalue weighted by atomic mass is 16.4. The number of aliphatic hydroxyl groups excluding tert-OH is 1. The number of aliphatic hydroxyl groups is 1. The molecular formula is C10H23N3O3. The van der Waals surface area contributed by atoms with E-state index < -0.39 is 18.1 Å². The summed E-state index contributed by atoms with van der Waals surface area (Å²) in [6.07, 6.45) is 0.992. The number of aliphatic carboxylic acids is 1. The van der Waals surface area contributed by atoms with E-state index in [1.54, 1.807) is 0 Å². The molecule has 3 atom stereocenters. The van der Waals surface area contributed by atoms with Gasteiger partial charge in [0.2, 0.25) is 0 Å². The molecule has 0 fully saturated rings. The largest absolute Gasteiger partial charge is 0.480 e. The minimum Gasteiger partial charge on any atom is -0.480 e. The quantitative estimate of drug-likeness (QED) is 0.343. The Morgan fingerprint density at radius 1 is 1.50 bits per heavy atom. The van der Waals surface area contributed by atoms with Crippen LogP contribution in [0.5, 0.6) is 0 Å². The number of nitrogens with one attached hydrogen (secondary N) is 1. The average Bonchev–Trinajstić information content (AvgIpc) is 2.23. The smallest absolute Gasteiger partial charge is 0.320 e. The Balaban J connectivity index is 4.02. The maximum absolute atomic E-state index is 10.9. The Morgan fingerprint density at radius 2 is 2.12 bits per heavy atom. The van der Waals surface area contributed by atoms with Crippen LogP contribution in [-0.2, 0) is 4.79 Å². The Hall–Kier alpha value is -0.690. The van der Waals surface area contributed by atoms with Crippen LogP contribution in [0.15, 0.2) is 0 Å². The molecule has 0 heterocycles. The van der Waals surface area contributed by atoms with Gasteiger partial charge in [0.15, 0.2) is 0 Å². The summed E-state index contributed by atoms with van der Waals surface area (Å²) in [5.74, 6) is -0.948. The topological polar surface area (TPSA) is 122 Å². The lowest BCUT2D eigenvalue weighted by atomic mass is 10.0. The Morgan fingerprint density at radius 3 is 2.56 bits per heavy atom. The van der Waals surface area contributed by atoms with Crippen LogP contribution in [-0.4, -0.2) is 47.5 Å². The fourth-order valence-electron chi connectivity index (χ4n) is 1.33. The highest BCUT2D eigenvalue weighted by Crippen LogP contribution is 2.01. The Labute approximate surface area is 96.0 Å². The number of carboxylic acids is 1. The molecule has 2 unspecified atom stereocenters. The van der Waals surface area contributed by atoms with Gasteiger partial charge in [0.05, 0.1) is 6.10 Å². The number of nitrogens with two attached hydrogens (primary N) is 2. The van der Waals surface area contributed by atoms with E-state index in [0.29, 0.717) is 25.8 Å². The third kappa shape index (κ3) is 6.73. The first kappa shape index (κ1) is 15.3. The standard InChI is InChI=1S/C10H23N3O3/c1-2-8(14)6-13-9(10(15)16)5-7(12)3-4-11/h7-9,13-14H,2-6,11-12H2,1H3,(H,15,16)/t7?,8?,9-/m1/s1. The first-order valence-electron chi connectivity index (χ1n) is 5.61. The molecule has 0 aromatic rings. The summed E-state index contributed by atoms with van der Waals surface area (Å²) in [5.41, 5.74) is 11.1. The van der Waals surface area contributed by atoms with E-state index >= 15 is 0 Å². The Bertz CT molecular complexity index is 202. The van der Waals surface area contributed by atoms with Gasteiger partial charge < -0.3 is 27.0 Å². The lowest BCUT2D eigenvalue weighted by molar-refractivity contribution is -0.139. The number of carbonyl (C=O) groups is 1. The monoisotopic (exact) mass is 233 g/mol. The predicted molar refractivity (Wildman–Crippen MR) is 62.0 cm³/mol. The van der Waals surface area contributed by atoms with Crippen LogP contribution < -0.4 is 16.8 Å². The molecular weight excluding hydrogens is 210 g/mol. The normalized spacial score (nSPS) is 16.8. The molecule has 0 aromatic heterocycles. The molecule has 0 aliphatic heterocycles. The number of carboxylic acid groups (broad SMARTS) is 1. The van der Waals surface area contributed by atoms with Crippen molar-refractivity contribution in [3.05, 3.63) is 0 Å². The van der Waals surface area contributed by atoms with Gasteiger partial charge >= 0.3 is 5.97 Å². The van der Waals surface area contributed by atoms with Gasteiger partial charge in [-0.1, -0.05) is 6.92 Å². The van der Waals surface area contributed by atoms with Crippen molar-refractivity contribution in [1.82, 2.24) is 5.32 Å². The van der Waals surface area contributed by atoms with Gasteiger partial charge in [-0.3, -0.25) is 4.79 Å². The van der Waals surface area contributed by atoms with Gasteiger partial charge in [-0.25, -0.2) is 0 Å². The number of rotatable bonds is 9. The van der Waals surface area contributed by atoms with Crippen LogP contribution in [0.3, 0.4) is 0 Å². The average molecular weight is 233 g/mol. The van der Waals surface area contributed by atoms with Crippen molar-refractivity contribution in [3.63, 3.8) is 0 Å². The second kappa shape index (κ2) is 8.46. The van der Waals surface area contributed by atoms with E-state index in [9.17, 15) is 9.90 Å². The molecule has 0 spiro atoms. The van der Waals surface area contributed by atoms with E-state index in [2.05, 4.69) is 5.32 Å². The second-order valence-corrected chi connectivity index (χ2v) is 3.93. The summed E-state index contributed by atoms with van der Waals surface area (Å²) in [4.78, 5) is 10.9. The molecule has 0 rings (SSSR count). The molecule has 0 aliphatic rings.